The summed E-state index contributed by atoms with van der Waals surface area (Å²) in [6, 6.07) is 37.9. The van der Waals surface area contributed by atoms with Crippen molar-refractivity contribution in [2.45, 2.75) is 13.1 Å². The first-order valence-corrected chi connectivity index (χ1v) is 12.1. The van der Waals surface area contributed by atoms with Crippen molar-refractivity contribution >= 4 is 0 Å². The van der Waals surface area contributed by atoms with Crippen molar-refractivity contribution in [1.82, 2.24) is 24.5 Å². The lowest BCUT2D eigenvalue weighted by Gasteiger charge is -2.20. The van der Waals surface area contributed by atoms with Gasteiger partial charge in [-0.05, 0) is 11.1 Å². The third-order valence-electron chi connectivity index (χ3n) is 6.82. The first-order valence-electron chi connectivity index (χ1n) is 12.1. The van der Waals surface area contributed by atoms with Gasteiger partial charge < -0.3 is 4.57 Å². The fourth-order valence-electron chi connectivity index (χ4n) is 5.18. The molecular formula is C31H23N5. The van der Waals surface area contributed by atoms with Crippen LogP contribution in [-0.2, 0) is 13.1 Å². The van der Waals surface area contributed by atoms with Crippen molar-refractivity contribution in [3.8, 4) is 45.0 Å². The van der Waals surface area contributed by atoms with E-state index in [9.17, 15) is 0 Å². The Morgan fingerprint density at radius 3 is 1.69 bits per heavy atom. The molecule has 0 saturated heterocycles. The molecule has 0 radical (unpaired) electrons. The average Bonchev–Trinajstić information content (AvgIpc) is 3.53. The van der Waals surface area contributed by atoms with E-state index in [1.54, 1.807) is 0 Å². The Kier molecular flexibility index (Phi) is 4.84. The summed E-state index contributed by atoms with van der Waals surface area (Å²) in [7, 11) is 0. The fraction of sp³-hybridized carbons (Fsp3) is 0.0645. The summed E-state index contributed by atoms with van der Waals surface area (Å²) in [4.78, 5) is 4.95. The number of imidazole rings is 1. The van der Waals surface area contributed by atoms with Crippen molar-refractivity contribution in [3.05, 3.63) is 127 Å². The topological polar surface area (TPSA) is 48.5 Å². The number of aromatic nitrogens is 5. The summed E-state index contributed by atoms with van der Waals surface area (Å²) in [6.07, 6.45) is 1.96. The predicted octanol–water partition coefficient (Wildman–Crippen LogP) is 6.55. The SMILES string of the molecule is c1ccc(Cn2cnc3c2-c2ccccc2-c2c(nnn2Cc2ccccc2)-c2ccccc2-3)cc1. The highest BCUT2D eigenvalue weighted by Crippen LogP contribution is 2.46. The Balaban J connectivity index is 1.49. The highest BCUT2D eigenvalue weighted by atomic mass is 15.4. The molecule has 2 aromatic heterocycles. The zero-order chi connectivity index (χ0) is 23.9. The molecule has 5 nitrogen and oxygen atoms in total. The van der Waals surface area contributed by atoms with Gasteiger partial charge >= 0.3 is 0 Å². The molecule has 7 rings (SSSR count). The van der Waals surface area contributed by atoms with Gasteiger partial charge in [-0.2, -0.15) is 0 Å². The van der Waals surface area contributed by atoms with Gasteiger partial charge in [0.1, 0.15) is 5.69 Å². The Morgan fingerprint density at radius 1 is 0.500 bits per heavy atom. The minimum atomic E-state index is 0.649. The third kappa shape index (κ3) is 3.36. The first-order chi connectivity index (χ1) is 17.9. The van der Waals surface area contributed by atoms with E-state index in [1.165, 1.54) is 11.1 Å². The van der Waals surface area contributed by atoms with E-state index in [1.807, 2.05) is 17.1 Å². The van der Waals surface area contributed by atoms with E-state index < -0.39 is 0 Å². The smallest absolute Gasteiger partial charge is 0.121 e. The molecule has 36 heavy (non-hydrogen) atoms. The average molecular weight is 466 g/mol. The molecule has 172 valence electrons. The molecule has 0 bridgehead atoms. The molecule has 2 heterocycles. The van der Waals surface area contributed by atoms with Crippen LogP contribution in [0.2, 0.25) is 0 Å². The van der Waals surface area contributed by atoms with Crippen molar-refractivity contribution in [2.24, 2.45) is 0 Å². The van der Waals surface area contributed by atoms with Crippen LogP contribution in [0.1, 0.15) is 11.1 Å². The molecule has 0 N–H and O–H groups in total. The van der Waals surface area contributed by atoms with Crippen molar-refractivity contribution in [3.63, 3.8) is 0 Å². The second kappa shape index (κ2) is 8.47. The quantitative estimate of drug-likeness (QED) is 0.296. The van der Waals surface area contributed by atoms with Crippen LogP contribution in [0.5, 0.6) is 0 Å². The number of fused-ring (bicyclic) bond motifs is 8. The van der Waals surface area contributed by atoms with Crippen molar-refractivity contribution in [1.29, 1.82) is 0 Å². The van der Waals surface area contributed by atoms with Crippen LogP contribution in [-0.4, -0.2) is 24.5 Å². The van der Waals surface area contributed by atoms with E-state index in [2.05, 4.69) is 113 Å². The minimum Gasteiger partial charge on any atom is -0.326 e. The van der Waals surface area contributed by atoms with E-state index in [4.69, 9.17) is 10.1 Å². The lowest BCUT2D eigenvalue weighted by Crippen LogP contribution is -2.07. The standard InChI is InChI=1S/C31H23N5/c1-3-11-22(12-4-1)19-35-21-32-28-24-15-7-8-16-25(24)29-31(27-18-10-9-17-26(27)30(28)35)36(34-33-29)20-23-13-5-2-6-14-23/h1-18,21H,19-20H2. The first kappa shape index (κ1) is 20.6. The summed E-state index contributed by atoms with van der Waals surface area (Å²) in [6.45, 7) is 1.39. The van der Waals surface area contributed by atoms with E-state index >= 15 is 0 Å². The zero-order valence-corrected chi connectivity index (χ0v) is 19.6. The van der Waals surface area contributed by atoms with Gasteiger partial charge in [-0.1, -0.05) is 114 Å². The fourth-order valence-corrected chi connectivity index (χ4v) is 5.18. The highest BCUT2D eigenvalue weighted by molar-refractivity contribution is 5.99. The Labute approximate surface area is 209 Å². The summed E-state index contributed by atoms with van der Waals surface area (Å²) in [5, 5.41) is 9.37. The maximum atomic E-state index is 4.95. The van der Waals surface area contributed by atoms with Gasteiger partial charge in [-0.3, -0.25) is 0 Å². The summed E-state index contributed by atoms with van der Waals surface area (Å²) >= 11 is 0. The summed E-state index contributed by atoms with van der Waals surface area (Å²) < 4.78 is 4.29. The molecule has 4 aromatic carbocycles. The third-order valence-corrected chi connectivity index (χ3v) is 6.82. The monoisotopic (exact) mass is 465 g/mol. The minimum absolute atomic E-state index is 0.649. The van der Waals surface area contributed by atoms with E-state index in [0.29, 0.717) is 6.54 Å². The molecule has 0 spiro atoms. The molecule has 1 aliphatic rings. The van der Waals surface area contributed by atoms with Crippen LogP contribution in [0, 0.1) is 0 Å². The Morgan fingerprint density at radius 2 is 1.03 bits per heavy atom. The van der Waals surface area contributed by atoms with Crippen LogP contribution in [0.3, 0.4) is 0 Å². The normalized spacial score (nSPS) is 11.6. The second-order valence-corrected chi connectivity index (χ2v) is 9.08. The van der Waals surface area contributed by atoms with Crippen LogP contribution in [0.4, 0.5) is 0 Å². The van der Waals surface area contributed by atoms with Crippen molar-refractivity contribution < 1.29 is 0 Å². The van der Waals surface area contributed by atoms with Gasteiger partial charge in [-0.25, -0.2) is 9.67 Å². The molecule has 0 fully saturated rings. The molecule has 0 atom stereocenters. The summed E-state index contributed by atoms with van der Waals surface area (Å²) in [5.41, 5.74) is 10.8. The zero-order valence-electron chi connectivity index (χ0n) is 19.6. The van der Waals surface area contributed by atoms with E-state index in [-0.39, 0.29) is 0 Å². The number of rotatable bonds is 4. The molecule has 6 aromatic rings. The highest BCUT2D eigenvalue weighted by Gasteiger charge is 2.29. The number of hydrogen-bond acceptors (Lipinski definition) is 3. The molecule has 0 amide bonds. The van der Waals surface area contributed by atoms with Crippen molar-refractivity contribution in [2.75, 3.05) is 0 Å². The Hall–Kier alpha value is -4.77. The lowest BCUT2D eigenvalue weighted by molar-refractivity contribution is 0.656. The largest absolute Gasteiger partial charge is 0.326 e. The number of benzene rings is 4. The molecule has 0 unspecified atom stereocenters. The van der Waals surface area contributed by atoms with Gasteiger partial charge in [0.2, 0.25) is 0 Å². The van der Waals surface area contributed by atoms with Gasteiger partial charge in [-0.15, -0.1) is 5.10 Å². The van der Waals surface area contributed by atoms with Gasteiger partial charge in [0.25, 0.3) is 0 Å². The molecule has 0 saturated carbocycles. The second-order valence-electron chi connectivity index (χ2n) is 9.08. The van der Waals surface area contributed by atoms with E-state index in [0.717, 1.165) is 51.6 Å². The van der Waals surface area contributed by atoms with Gasteiger partial charge in [0.05, 0.1) is 30.0 Å². The van der Waals surface area contributed by atoms with Gasteiger partial charge in [0.15, 0.2) is 0 Å². The summed E-state index contributed by atoms with van der Waals surface area (Å²) in [5.74, 6) is 0. The van der Waals surface area contributed by atoms with Crippen LogP contribution < -0.4 is 0 Å². The van der Waals surface area contributed by atoms with Crippen LogP contribution in [0.25, 0.3) is 45.0 Å². The molecule has 1 aliphatic carbocycles. The number of hydrogen-bond donors (Lipinski definition) is 0. The molecular weight excluding hydrogens is 442 g/mol. The predicted molar refractivity (Wildman–Crippen MR) is 142 cm³/mol. The molecule has 5 heteroatoms. The van der Waals surface area contributed by atoms with Gasteiger partial charge in [0, 0.05) is 28.8 Å². The number of nitrogens with zero attached hydrogens (tertiary/aromatic N) is 5. The maximum Gasteiger partial charge on any atom is 0.121 e. The molecule has 0 aliphatic heterocycles. The Bertz CT molecular complexity index is 1550. The maximum absolute atomic E-state index is 4.95. The lowest BCUT2D eigenvalue weighted by atomic mass is 9.89. The van der Waals surface area contributed by atoms with Crippen LogP contribution >= 0.6 is 0 Å². The van der Waals surface area contributed by atoms with Crippen LogP contribution in [0.15, 0.2) is 116 Å².